The summed E-state index contributed by atoms with van der Waals surface area (Å²) < 4.78 is 6.14. The van der Waals surface area contributed by atoms with Gasteiger partial charge in [0.2, 0.25) is 0 Å². The van der Waals surface area contributed by atoms with Gasteiger partial charge in [-0.3, -0.25) is 0 Å². The Kier molecular flexibility index (Phi) is 5.37. The van der Waals surface area contributed by atoms with Crippen LogP contribution in [0.15, 0.2) is 48.5 Å². The molecule has 1 N–H and O–H groups in total. The van der Waals surface area contributed by atoms with Crippen LogP contribution in [0.3, 0.4) is 0 Å². The maximum absolute atomic E-state index is 6.14. The van der Waals surface area contributed by atoms with Gasteiger partial charge in [0, 0.05) is 10.4 Å². The lowest BCUT2D eigenvalue weighted by Gasteiger charge is -2.38. The fraction of sp³-hybridized carbons (Fsp3) is 0.400. The summed E-state index contributed by atoms with van der Waals surface area (Å²) in [6, 6.07) is 16.9. The molecule has 0 atom stereocenters. The maximum atomic E-state index is 6.14. The molecule has 2 aromatic rings. The Labute approximate surface area is 143 Å². The summed E-state index contributed by atoms with van der Waals surface area (Å²) in [6.07, 6.45) is 2.23. The maximum Gasteiger partial charge on any atom is 0.0717 e. The Hall–Kier alpha value is -1.35. The van der Waals surface area contributed by atoms with Crippen molar-refractivity contribution in [2.45, 2.75) is 31.8 Å². The third-order valence-electron chi connectivity index (χ3n) is 4.70. The molecule has 0 amide bonds. The Morgan fingerprint density at radius 3 is 2.52 bits per heavy atom. The van der Waals surface area contributed by atoms with Gasteiger partial charge < -0.3 is 10.1 Å². The molecule has 3 heteroatoms. The van der Waals surface area contributed by atoms with Crippen LogP contribution in [0.1, 0.15) is 29.5 Å². The number of hydrogen-bond acceptors (Lipinski definition) is 2. The van der Waals surface area contributed by atoms with Crippen LogP contribution < -0.4 is 5.32 Å². The molecule has 3 rings (SSSR count). The summed E-state index contributed by atoms with van der Waals surface area (Å²) in [6.45, 7) is 5.53. The first-order valence-corrected chi connectivity index (χ1v) is 8.66. The van der Waals surface area contributed by atoms with E-state index in [1.54, 1.807) is 0 Å². The Bertz CT molecular complexity index is 615. The van der Waals surface area contributed by atoms with Gasteiger partial charge in [0.05, 0.1) is 13.2 Å². The van der Waals surface area contributed by atoms with Crippen LogP contribution in [0, 0.1) is 6.92 Å². The molecule has 0 aromatic heterocycles. The van der Waals surface area contributed by atoms with Crippen LogP contribution in [0.5, 0.6) is 0 Å². The minimum absolute atomic E-state index is 0.125. The normalized spacial score (nSPS) is 17.1. The van der Waals surface area contributed by atoms with E-state index < -0.39 is 0 Å². The quantitative estimate of drug-likeness (QED) is 0.872. The average molecular weight is 330 g/mol. The van der Waals surface area contributed by atoms with Crippen molar-refractivity contribution in [1.82, 2.24) is 5.32 Å². The van der Waals surface area contributed by atoms with E-state index >= 15 is 0 Å². The molecule has 1 aliphatic heterocycles. The summed E-state index contributed by atoms with van der Waals surface area (Å²) in [5, 5.41) is 4.24. The molecule has 0 radical (unpaired) electrons. The highest BCUT2D eigenvalue weighted by Crippen LogP contribution is 2.34. The number of ether oxygens (including phenoxy) is 1. The van der Waals surface area contributed by atoms with Gasteiger partial charge in [-0.2, -0.15) is 0 Å². The second-order valence-electron chi connectivity index (χ2n) is 6.53. The van der Waals surface area contributed by atoms with Crippen molar-refractivity contribution in [2.75, 3.05) is 19.7 Å². The zero-order chi connectivity index (χ0) is 16.1. The van der Waals surface area contributed by atoms with Gasteiger partial charge in [0.15, 0.2) is 0 Å². The zero-order valence-electron chi connectivity index (χ0n) is 13.6. The van der Waals surface area contributed by atoms with Crippen LogP contribution in [0.2, 0.25) is 5.02 Å². The van der Waals surface area contributed by atoms with Gasteiger partial charge >= 0.3 is 0 Å². The van der Waals surface area contributed by atoms with E-state index in [9.17, 15) is 0 Å². The highest BCUT2D eigenvalue weighted by atomic mass is 35.5. The van der Waals surface area contributed by atoms with E-state index in [-0.39, 0.29) is 5.41 Å². The summed E-state index contributed by atoms with van der Waals surface area (Å²) >= 11 is 6.14. The minimum atomic E-state index is 0.125. The number of rotatable bonds is 5. The van der Waals surface area contributed by atoms with E-state index in [1.165, 1.54) is 11.1 Å². The molecule has 1 fully saturated rings. The summed E-state index contributed by atoms with van der Waals surface area (Å²) in [4.78, 5) is 0. The highest BCUT2D eigenvalue weighted by molar-refractivity contribution is 6.30. The number of benzene rings is 2. The van der Waals surface area contributed by atoms with E-state index in [0.29, 0.717) is 6.61 Å². The van der Waals surface area contributed by atoms with E-state index in [1.807, 2.05) is 12.1 Å². The number of piperidine rings is 1. The van der Waals surface area contributed by atoms with Crippen molar-refractivity contribution in [1.29, 1.82) is 0 Å². The number of halogens is 1. The lowest BCUT2D eigenvalue weighted by atomic mass is 9.74. The molecule has 0 saturated carbocycles. The van der Waals surface area contributed by atoms with Gasteiger partial charge in [-0.1, -0.05) is 48.0 Å². The molecular formula is C20H24ClNO. The topological polar surface area (TPSA) is 21.3 Å². The SMILES string of the molecule is Cc1cc(Cl)cc(COCC2(c3ccccc3)CCNCC2)c1. The van der Waals surface area contributed by atoms with Gasteiger partial charge in [0.25, 0.3) is 0 Å². The second kappa shape index (κ2) is 7.48. The molecule has 1 aliphatic rings. The molecule has 122 valence electrons. The third kappa shape index (κ3) is 4.14. The predicted octanol–water partition coefficient (Wildman–Crippen LogP) is 4.49. The summed E-state index contributed by atoms with van der Waals surface area (Å²) in [5.41, 5.74) is 3.84. The van der Waals surface area contributed by atoms with Gasteiger partial charge in [-0.15, -0.1) is 0 Å². The molecule has 2 aromatic carbocycles. The number of hydrogen-bond donors (Lipinski definition) is 1. The second-order valence-corrected chi connectivity index (χ2v) is 6.96. The zero-order valence-corrected chi connectivity index (χ0v) is 14.4. The largest absolute Gasteiger partial charge is 0.376 e. The van der Waals surface area contributed by atoms with E-state index in [4.69, 9.17) is 16.3 Å². The lowest BCUT2D eigenvalue weighted by Crippen LogP contribution is -2.43. The standard InChI is InChI=1S/C20H24ClNO/c1-16-11-17(13-19(21)12-16)14-23-15-20(7-9-22-10-8-20)18-5-3-2-4-6-18/h2-6,11-13,22H,7-10,14-15H2,1H3. The van der Waals surface area contributed by atoms with Crippen molar-refractivity contribution >= 4 is 11.6 Å². The van der Waals surface area contributed by atoms with Crippen LogP contribution in [-0.2, 0) is 16.8 Å². The summed E-state index contributed by atoms with van der Waals surface area (Å²) in [7, 11) is 0. The number of aryl methyl sites for hydroxylation is 1. The smallest absolute Gasteiger partial charge is 0.0717 e. The van der Waals surface area contributed by atoms with Crippen molar-refractivity contribution in [2.24, 2.45) is 0 Å². The molecule has 0 aliphatic carbocycles. The molecule has 0 bridgehead atoms. The van der Waals surface area contributed by atoms with Crippen LogP contribution >= 0.6 is 11.6 Å². The molecule has 0 spiro atoms. The Balaban J connectivity index is 1.70. The first-order chi connectivity index (χ1) is 11.2. The third-order valence-corrected chi connectivity index (χ3v) is 4.91. The summed E-state index contributed by atoms with van der Waals surface area (Å²) in [5.74, 6) is 0. The molecule has 23 heavy (non-hydrogen) atoms. The van der Waals surface area contributed by atoms with Gasteiger partial charge in [-0.25, -0.2) is 0 Å². The average Bonchev–Trinajstić information content (AvgIpc) is 2.56. The monoisotopic (exact) mass is 329 g/mol. The van der Waals surface area contributed by atoms with Crippen molar-refractivity contribution in [3.05, 3.63) is 70.2 Å². The number of nitrogens with one attached hydrogen (secondary N) is 1. The molecule has 1 saturated heterocycles. The van der Waals surface area contributed by atoms with Crippen LogP contribution in [-0.4, -0.2) is 19.7 Å². The highest BCUT2D eigenvalue weighted by Gasteiger charge is 2.34. The van der Waals surface area contributed by atoms with Crippen molar-refractivity contribution < 1.29 is 4.74 Å². The predicted molar refractivity (Wildman–Crippen MR) is 96.1 cm³/mol. The van der Waals surface area contributed by atoms with E-state index in [0.717, 1.165) is 43.1 Å². The fourth-order valence-corrected chi connectivity index (χ4v) is 3.79. The first kappa shape index (κ1) is 16.5. The van der Waals surface area contributed by atoms with Crippen molar-refractivity contribution in [3.8, 4) is 0 Å². The molecular weight excluding hydrogens is 306 g/mol. The lowest BCUT2D eigenvalue weighted by molar-refractivity contribution is 0.0565. The van der Waals surface area contributed by atoms with Crippen molar-refractivity contribution in [3.63, 3.8) is 0 Å². The molecule has 1 heterocycles. The van der Waals surface area contributed by atoms with Gasteiger partial charge in [-0.05, 0) is 61.7 Å². The minimum Gasteiger partial charge on any atom is -0.376 e. The van der Waals surface area contributed by atoms with Gasteiger partial charge in [0.1, 0.15) is 0 Å². The first-order valence-electron chi connectivity index (χ1n) is 8.28. The van der Waals surface area contributed by atoms with Crippen LogP contribution in [0.4, 0.5) is 0 Å². The molecule has 2 nitrogen and oxygen atoms in total. The van der Waals surface area contributed by atoms with Crippen LogP contribution in [0.25, 0.3) is 0 Å². The molecule has 0 unspecified atom stereocenters. The Morgan fingerprint density at radius 2 is 1.83 bits per heavy atom. The van der Waals surface area contributed by atoms with E-state index in [2.05, 4.69) is 48.6 Å². The fourth-order valence-electron chi connectivity index (χ4n) is 3.47. The Morgan fingerprint density at radius 1 is 1.09 bits per heavy atom.